The molecule has 0 aliphatic carbocycles. The lowest BCUT2D eigenvalue weighted by Crippen LogP contribution is -2.37. The van der Waals surface area contributed by atoms with Crippen LogP contribution in [0.1, 0.15) is 21.5 Å². The lowest BCUT2D eigenvalue weighted by atomic mass is 10.1. The van der Waals surface area contributed by atoms with E-state index in [9.17, 15) is 9.59 Å². The van der Waals surface area contributed by atoms with Crippen LogP contribution in [0.4, 0.5) is 11.4 Å². The molecule has 7 heteroatoms. The Morgan fingerprint density at radius 2 is 1.75 bits per heavy atom. The van der Waals surface area contributed by atoms with E-state index in [2.05, 4.69) is 15.5 Å². The molecule has 2 aromatic rings. The standard InChI is InChI=1S/C21H24ClN3O3/c1-14-9-15(2)11-16(10-14)21(27)23-13-20(26)24-18-12-17(22)3-4-19(18)25-5-7-28-8-6-25/h3-4,9-12H,5-8,13H2,1-2H3,(H,23,27)(H,24,26). The van der Waals surface area contributed by atoms with E-state index >= 15 is 0 Å². The Bertz CT molecular complexity index is 859. The van der Waals surface area contributed by atoms with Gasteiger partial charge in [-0.15, -0.1) is 0 Å². The quantitative estimate of drug-likeness (QED) is 0.807. The van der Waals surface area contributed by atoms with Crippen molar-refractivity contribution in [3.05, 3.63) is 58.1 Å². The van der Waals surface area contributed by atoms with Crippen molar-refractivity contribution < 1.29 is 14.3 Å². The van der Waals surface area contributed by atoms with E-state index in [4.69, 9.17) is 16.3 Å². The van der Waals surface area contributed by atoms with Gasteiger partial charge in [0, 0.05) is 23.7 Å². The van der Waals surface area contributed by atoms with Gasteiger partial charge in [-0.05, 0) is 44.2 Å². The molecule has 0 bridgehead atoms. The number of amides is 2. The van der Waals surface area contributed by atoms with E-state index in [1.165, 1.54) is 0 Å². The molecule has 0 radical (unpaired) electrons. The highest BCUT2D eigenvalue weighted by molar-refractivity contribution is 6.31. The smallest absolute Gasteiger partial charge is 0.251 e. The second-order valence-corrected chi connectivity index (χ2v) is 7.30. The summed E-state index contributed by atoms with van der Waals surface area (Å²) in [5.74, 6) is -0.587. The highest BCUT2D eigenvalue weighted by atomic mass is 35.5. The first-order valence-corrected chi connectivity index (χ1v) is 9.59. The van der Waals surface area contributed by atoms with E-state index in [1.807, 2.05) is 26.0 Å². The summed E-state index contributed by atoms with van der Waals surface area (Å²) >= 11 is 6.11. The Balaban J connectivity index is 1.64. The van der Waals surface area contributed by atoms with Gasteiger partial charge in [-0.25, -0.2) is 0 Å². The van der Waals surface area contributed by atoms with Crippen molar-refractivity contribution in [2.45, 2.75) is 13.8 Å². The number of nitrogens with one attached hydrogen (secondary N) is 2. The molecular weight excluding hydrogens is 378 g/mol. The van der Waals surface area contributed by atoms with Crippen molar-refractivity contribution in [3.63, 3.8) is 0 Å². The first-order chi connectivity index (χ1) is 13.4. The van der Waals surface area contributed by atoms with Crippen molar-refractivity contribution in [2.24, 2.45) is 0 Å². The summed E-state index contributed by atoms with van der Waals surface area (Å²) in [5.41, 5.74) is 4.07. The molecule has 1 aliphatic rings. The van der Waals surface area contributed by atoms with Gasteiger partial charge in [0.25, 0.3) is 5.91 Å². The number of carbonyl (C=O) groups is 2. The number of anilines is 2. The van der Waals surface area contributed by atoms with Crippen molar-refractivity contribution in [3.8, 4) is 0 Å². The van der Waals surface area contributed by atoms with Crippen molar-refractivity contribution in [2.75, 3.05) is 43.1 Å². The van der Waals surface area contributed by atoms with Gasteiger partial charge in [0.05, 0.1) is 31.1 Å². The van der Waals surface area contributed by atoms with Crippen molar-refractivity contribution in [1.29, 1.82) is 0 Å². The lowest BCUT2D eigenvalue weighted by Gasteiger charge is -2.30. The molecule has 0 unspecified atom stereocenters. The van der Waals surface area contributed by atoms with Crippen LogP contribution in [-0.4, -0.2) is 44.7 Å². The minimum atomic E-state index is -0.311. The van der Waals surface area contributed by atoms with Crippen LogP contribution in [0.3, 0.4) is 0 Å². The van der Waals surface area contributed by atoms with E-state index in [1.54, 1.807) is 24.3 Å². The number of nitrogens with zero attached hydrogens (tertiary/aromatic N) is 1. The fourth-order valence-corrected chi connectivity index (χ4v) is 3.42. The first-order valence-electron chi connectivity index (χ1n) is 9.21. The zero-order valence-corrected chi connectivity index (χ0v) is 16.8. The first kappa shape index (κ1) is 20.2. The average Bonchev–Trinajstić information content (AvgIpc) is 2.66. The molecule has 0 atom stereocenters. The molecule has 2 amide bonds. The number of hydrogen-bond acceptors (Lipinski definition) is 4. The molecule has 0 spiro atoms. The van der Waals surface area contributed by atoms with Gasteiger partial charge < -0.3 is 20.3 Å². The molecule has 1 aliphatic heterocycles. The largest absolute Gasteiger partial charge is 0.378 e. The summed E-state index contributed by atoms with van der Waals surface area (Å²) in [5, 5.41) is 6.06. The Kier molecular flexibility index (Phi) is 6.54. The van der Waals surface area contributed by atoms with Gasteiger partial charge in [0.1, 0.15) is 0 Å². The van der Waals surface area contributed by atoms with E-state index in [0.29, 0.717) is 29.5 Å². The maximum atomic E-state index is 12.4. The molecule has 1 heterocycles. The normalized spacial score (nSPS) is 13.9. The van der Waals surface area contributed by atoms with E-state index in [-0.39, 0.29) is 18.4 Å². The molecule has 1 saturated heterocycles. The molecule has 0 saturated carbocycles. The summed E-state index contributed by atoms with van der Waals surface area (Å²) in [6.45, 7) is 6.51. The van der Waals surface area contributed by atoms with Gasteiger partial charge in [0.15, 0.2) is 0 Å². The van der Waals surface area contributed by atoms with Crippen LogP contribution in [-0.2, 0) is 9.53 Å². The predicted octanol–water partition coefficient (Wildman–Crippen LogP) is 3.16. The number of carbonyl (C=O) groups excluding carboxylic acids is 2. The number of aryl methyl sites for hydroxylation is 2. The fourth-order valence-electron chi connectivity index (χ4n) is 3.25. The second-order valence-electron chi connectivity index (χ2n) is 6.87. The van der Waals surface area contributed by atoms with Gasteiger partial charge in [0.2, 0.25) is 5.91 Å². The minimum Gasteiger partial charge on any atom is -0.378 e. The molecule has 28 heavy (non-hydrogen) atoms. The third-order valence-electron chi connectivity index (χ3n) is 4.48. The summed E-state index contributed by atoms with van der Waals surface area (Å²) in [7, 11) is 0. The van der Waals surface area contributed by atoms with Crippen LogP contribution >= 0.6 is 11.6 Å². The molecule has 148 valence electrons. The van der Waals surface area contributed by atoms with Crippen LogP contribution in [0.15, 0.2) is 36.4 Å². The monoisotopic (exact) mass is 401 g/mol. The van der Waals surface area contributed by atoms with Gasteiger partial charge in [-0.3, -0.25) is 9.59 Å². The third kappa shape index (κ3) is 5.24. The zero-order valence-electron chi connectivity index (χ0n) is 16.0. The molecule has 2 N–H and O–H groups in total. The molecule has 1 fully saturated rings. The summed E-state index contributed by atoms with van der Waals surface area (Å²) in [6, 6.07) is 11.0. The highest BCUT2D eigenvalue weighted by Gasteiger charge is 2.17. The maximum Gasteiger partial charge on any atom is 0.251 e. The number of ether oxygens (including phenoxy) is 1. The highest BCUT2D eigenvalue weighted by Crippen LogP contribution is 2.29. The van der Waals surface area contributed by atoms with Crippen molar-refractivity contribution >= 4 is 34.8 Å². The van der Waals surface area contributed by atoms with Crippen molar-refractivity contribution in [1.82, 2.24) is 5.32 Å². The third-order valence-corrected chi connectivity index (χ3v) is 4.71. The molecule has 3 rings (SSSR count). The van der Waals surface area contributed by atoms with Crippen LogP contribution < -0.4 is 15.5 Å². The number of rotatable bonds is 5. The molecule has 0 aromatic heterocycles. The van der Waals surface area contributed by atoms with Crippen LogP contribution in [0.2, 0.25) is 5.02 Å². The summed E-state index contributed by atoms with van der Waals surface area (Å²) in [4.78, 5) is 26.9. The Morgan fingerprint density at radius 3 is 2.43 bits per heavy atom. The number of hydrogen-bond donors (Lipinski definition) is 2. The number of benzene rings is 2. The SMILES string of the molecule is Cc1cc(C)cc(C(=O)NCC(=O)Nc2cc(Cl)ccc2N2CCOCC2)c1. The second kappa shape index (κ2) is 9.08. The van der Waals surface area contributed by atoms with E-state index < -0.39 is 0 Å². The van der Waals surface area contributed by atoms with Crippen LogP contribution in [0, 0.1) is 13.8 Å². The topological polar surface area (TPSA) is 70.7 Å². The predicted molar refractivity (Wildman–Crippen MR) is 111 cm³/mol. The number of halogens is 1. The van der Waals surface area contributed by atoms with Gasteiger partial charge >= 0.3 is 0 Å². The maximum absolute atomic E-state index is 12.4. The van der Waals surface area contributed by atoms with E-state index in [0.717, 1.165) is 29.9 Å². The average molecular weight is 402 g/mol. The zero-order chi connectivity index (χ0) is 20.1. The number of morpholine rings is 1. The van der Waals surface area contributed by atoms with Crippen LogP contribution in [0.5, 0.6) is 0 Å². The lowest BCUT2D eigenvalue weighted by molar-refractivity contribution is -0.115. The summed E-state index contributed by atoms with van der Waals surface area (Å²) < 4.78 is 5.39. The Morgan fingerprint density at radius 1 is 1.07 bits per heavy atom. The van der Waals surface area contributed by atoms with Gasteiger partial charge in [-0.2, -0.15) is 0 Å². The fraction of sp³-hybridized carbons (Fsp3) is 0.333. The van der Waals surface area contributed by atoms with Gasteiger partial charge in [-0.1, -0.05) is 28.8 Å². The Labute approximate surface area is 169 Å². The summed E-state index contributed by atoms with van der Waals surface area (Å²) in [6.07, 6.45) is 0. The molecular formula is C21H24ClN3O3. The molecule has 2 aromatic carbocycles. The van der Waals surface area contributed by atoms with Crippen LogP contribution in [0.25, 0.3) is 0 Å². The molecule has 6 nitrogen and oxygen atoms in total. The minimum absolute atomic E-state index is 0.124. The Hall–Kier alpha value is -2.57.